The zero-order valence-electron chi connectivity index (χ0n) is 10.7. The third kappa shape index (κ3) is 3.57. The van der Waals surface area contributed by atoms with E-state index in [4.69, 9.17) is 0 Å². The fraction of sp³-hybridized carbons (Fsp3) is 0.333. The average Bonchev–Trinajstić information content (AvgIpc) is 2.36. The second-order valence-electron chi connectivity index (χ2n) is 3.92. The van der Waals surface area contributed by atoms with Crippen molar-refractivity contribution < 1.29 is 21.6 Å². The van der Waals surface area contributed by atoms with Gasteiger partial charge in [-0.2, -0.15) is 13.2 Å². The summed E-state index contributed by atoms with van der Waals surface area (Å²) in [6, 6.07) is 2.78. The number of rotatable bonds is 3. The van der Waals surface area contributed by atoms with Crippen LogP contribution in [0.2, 0.25) is 0 Å². The van der Waals surface area contributed by atoms with Crippen LogP contribution in [0.25, 0.3) is 5.57 Å². The van der Waals surface area contributed by atoms with E-state index in [0.717, 1.165) is 13.1 Å². The molecule has 0 aliphatic rings. The number of halogens is 3. The summed E-state index contributed by atoms with van der Waals surface area (Å²) in [5.74, 6) is 0. The Labute approximate surface area is 110 Å². The lowest BCUT2D eigenvalue weighted by molar-refractivity contribution is -0.137. The van der Waals surface area contributed by atoms with Crippen molar-refractivity contribution in [1.82, 2.24) is 4.72 Å². The molecule has 0 spiro atoms. The third-order valence-electron chi connectivity index (χ3n) is 2.70. The highest BCUT2D eigenvalue weighted by Gasteiger charge is 2.32. The van der Waals surface area contributed by atoms with Crippen LogP contribution in [0, 0.1) is 0 Å². The van der Waals surface area contributed by atoms with E-state index in [-0.39, 0.29) is 5.56 Å². The van der Waals surface area contributed by atoms with Gasteiger partial charge in [-0.3, -0.25) is 0 Å². The van der Waals surface area contributed by atoms with Crippen LogP contribution in [0.4, 0.5) is 13.2 Å². The van der Waals surface area contributed by atoms with E-state index in [1.54, 1.807) is 19.9 Å². The van der Waals surface area contributed by atoms with E-state index in [2.05, 4.69) is 0 Å². The van der Waals surface area contributed by atoms with E-state index in [1.165, 1.54) is 6.07 Å². The fourth-order valence-corrected chi connectivity index (χ4v) is 2.23. The first-order valence-corrected chi connectivity index (χ1v) is 6.89. The average molecular weight is 293 g/mol. The Morgan fingerprint density at radius 1 is 1.26 bits per heavy atom. The Morgan fingerprint density at radius 2 is 1.84 bits per heavy atom. The summed E-state index contributed by atoms with van der Waals surface area (Å²) in [6.07, 6.45) is -2.98. The summed E-state index contributed by atoms with van der Waals surface area (Å²) >= 11 is 0. The van der Waals surface area contributed by atoms with Gasteiger partial charge in [0.2, 0.25) is 10.0 Å². The lowest BCUT2D eigenvalue weighted by Gasteiger charge is -2.12. The van der Waals surface area contributed by atoms with Crippen LogP contribution in [0.5, 0.6) is 0 Å². The number of sulfonamides is 1. The SMILES string of the molecule is CC=C(C)c1cc(C(F)(F)F)cc(S(=O)(=O)NC)c1. The molecule has 1 aromatic carbocycles. The van der Waals surface area contributed by atoms with Crippen molar-refractivity contribution in [3.8, 4) is 0 Å². The maximum absolute atomic E-state index is 12.8. The molecule has 0 fully saturated rings. The lowest BCUT2D eigenvalue weighted by atomic mass is 10.0. The summed E-state index contributed by atoms with van der Waals surface area (Å²) < 4.78 is 63.6. The molecule has 1 N–H and O–H groups in total. The van der Waals surface area contributed by atoms with Crippen molar-refractivity contribution in [2.24, 2.45) is 0 Å². The summed E-state index contributed by atoms with van der Waals surface area (Å²) in [5.41, 5.74) is -0.190. The Balaban J connectivity index is 3.60. The third-order valence-corrected chi connectivity index (χ3v) is 4.09. The van der Waals surface area contributed by atoms with Gasteiger partial charge in [0.25, 0.3) is 0 Å². The minimum Gasteiger partial charge on any atom is -0.214 e. The van der Waals surface area contributed by atoms with Crippen LogP contribution < -0.4 is 4.72 Å². The number of alkyl halides is 3. The maximum atomic E-state index is 12.8. The minimum atomic E-state index is -4.60. The van der Waals surface area contributed by atoms with Gasteiger partial charge < -0.3 is 0 Å². The van der Waals surface area contributed by atoms with E-state index in [9.17, 15) is 21.6 Å². The second-order valence-corrected chi connectivity index (χ2v) is 5.81. The highest BCUT2D eigenvalue weighted by Crippen LogP contribution is 2.33. The van der Waals surface area contributed by atoms with Gasteiger partial charge in [-0.15, -0.1) is 0 Å². The van der Waals surface area contributed by atoms with Crippen molar-refractivity contribution in [1.29, 1.82) is 0 Å². The Bertz CT molecular complexity index is 604. The first kappa shape index (κ1) is 15.7. The molecule has 3 nitrogen and oxygen atoms in total. The molecule has 106 valence electrons. The van der Waals surface area contributed by atoms with Crippen molar-refractivity contribution in [2.75, 3.05) is 7.05 Å². The summed E-state index contributed by atoms with van der Waals surface area (Å²) in [6.45, 7) is 3.28. The van der Waals surface area contributed by atoms with Gasteiger partial charge in [-0.1, -0.05) is 6.08 Å². The first-order valence-electron chi connectivity index (χ1n) is 5.41. The molecule has 0 aromatic heterocycles. The van der Waals surface area contributed by atoms with Gasteiger partial charge in [-0.25, -0.2) is 13.1 Å². The highest BCUT2D eigenvalue weighted by molar-refractivity contribution is 7.89. The number of nitrogens with one attached hydrogen (secondary N) is 1. The van der Waals surface area contributed by atoms with Crippen LogP contribution >= 0.6 is 0 Å². The predicted octanol–water partition coefficient (Wildman–Crippen LogP) is 3.04. The molecule has 0 atom stereocenters. The quantitative estimate of drug-likeness (QED) is 0.931. The fourth-order valence-electron chi connectivity index (χ4n) is 1.43. The molecule has 0 amide bonds. The second kappa shape index (κ2) is 5.34. The van der Waals surface area contributed by atoms with Crippen molar-refractivity contribution in [3.63, 3.8) is 0 Å². The van der Waals surface area contributed by atoms with Crippen molar-refractivity contribution in [2.45, 2.75) is 24.9 Å². The van der Waals surface area contributed by atoms with Crippen LogP contribution in [-0.4, -0.2) is 15.5 Å². The monoisotopic (exact) mass is 293 g/mol. The zero-order valence-corrected chi connectivity index (χ0v) is 11.5. The van der Waals surface area contributed by atoms with E-state index in [1.807, 2.05) is 4.72 Å². The van der Waals surface area contributed by atoms with Gasteiger partial charge in [0.1, 0.15) is 0 Å². The molecule has 19 heavy (non-hydrogen) atoms. The molecule has 0 unspecified atom stereocenters. The molecule has 0 heterocycles. The molecule has 0 saturated heterocycles. The van der Waals surface area contributed by atoms with Gasteiger partial charge in [-0.05, 0) is 50.2 Å². The molecule has 0 bridgehead atoms. The molecule has 0 aliphatic heterocycles. The van der Waals surface area contributed by atoms with Crippen LogP contribution in [0.3, 0.4) is 0 Å². The molecule has 0 saturated carbocycles. The van der Waals surface area contributed by atoms with E-state index in [0.29, 0.717) is 11.6 Å². The zero-order chi connectivity index (χ0) is 14.8. The molecule has 0 radical (unpaired) electrons. The van der Waals surface area contributed by atoms with E-state index >= 15 is 0 Å². The van der Waals surface area contributed by atoms with Gasteiger partial charge in [0.15, 0.2) is 0 Å². The topological polar surface area (TPSA) is 46.2 Å². The van der Waals surface area contributed by atoms with Crippen molar-refractivity contribution >= 4 is 15.6 Å². The molecular weight excluding hydrogens is 279 g/mol. The number of hydrogen-bond donors (Lipinski definition) is 1. The molecular formula is C12H14F3NO2S. The standard InChI is InChI=1S/C12H14F3NO2S/c1-4-8(2)9-5-10(12(13,14)15)7-11(6-9)19(17,18)16-3/h4-7,16H,1-3H3. The normalized spacial score (nSPS) is 13.7. The largest absolute Gasteiger partial charge is 0.416 e. The molecule has 1 aromatic rings. The lowest BCUT2D eigenvalue weighted by Crippen LogP contribution is -2.19. The molecule has 0 aliphatic carbocycles. The number of hydrogen-bond acceptors (Lipinski definition) is 2. The Kier molecular flexibility index (Phi) is 4.42. The molecule has 1 rings (SSSR count). The highest BCUT2D eigenvalue weighted by atomic mass is 32.2. The molecule has 7 heteroatoms. The Morgan fingerprint density at radius 3 is 2.26 bits per heavy atom. The van der Waals surface area contributed by atoms with Crippen LogP contribution in [0.15, 0.2) is 29.2 Å². The van der Waals surface area contributed by atoms with Gasteiger partial charge in [0, 0.05) is 0 Å². The summed E-state index contributed by atoms with van der Waals surface area (Å²) in [5, 5.41) is 0. The maximum Gasteiger partial charge on any atom is 0.416 e. The summed E-state index contributed by atoms with van der Waals surface area (Å²) in [4.78, 5) is -0.402. The number of allylic oxidation sites excluding steroid dienone is 2. The van der Waals surface area contributed by atoms with Crippen LogP contribution in [-0.2, 0) is 16.2 Å². The van der Waals surface area contributed by atoms with Gasteiger partial charge >= 0.3 is 6.18 Å². The minimum absolute atomic E-state index is 0.228. The first-order chi connectivity index (χ1) is 8.61. The van der Waals surface area contributed by atoms with E-state index < -0.39 is 26.7 Å². The van der Waals surface area contributed by atoms with Gasteiger partial charge in [0.05, 0.1) is 10.5 Å². The Hall–Kier alpha value is -1.34. The smallest absolute Gasteiger partial charge is 0.214 e. The summed E-state index contributed by atoms with van der Waals surface area (Å²) in [7, 11) is -2.77. The van der Waals surface area contributed by atoms with Crippen molar-refractivity contribution in [3.05, 3.63) is 35.4 Å². The number of benzene rings is 1. The predicted molar refractivity (Wildman–Crippen MR) is 67.0 cm³/mol. The van der Waals surface area contributed by atoms with Crippen LogP contribution in [0.1, 0.15) is 25.0 Å².